The van der Waals surface area contributed by atoms with Crippen LogP contribution < -0.4 is 15.8 Å². The molecule has 0 aromatic heterocycles. The van der Waals surface area contributed by atoms with Gasteiger partial charge in [-0.3, -0.25) is 4.79 Å². The third-order valence-corrected chi connectivity index (χ3v) is 5.73. The zero-order valence-corrected chi connectivity index (χ0v) is 17.7. The summed E-state index contributed by atoms with van der Waals surface area (Å²) in [6.45, 7) is 6.62. The lowest BCUT2D eigenvalue weighted by molar-refractivity contribution is -0.119. The molecule has 0 bridgehead atoms. The van der Waals surface area contributed by atoms with Crippen LogP contribution in [0.1, 0.15) is 39.2 Å². The standard InChI is InChI=1S/C18H29N3O4S.ClH/c1-18(2,3)21-26(23,24)12-13-5-4-6-15(11-13)20-17(22)16(19)14-7-9-25-10-8-14;/h4-6,11,14,16,21H,7-10,12,19H2,1-3H3,(H,20,22);1H. The zero-order valence-electron chi connectivity index (χ0n) is 16.0. The average molecular weight is 420 g/mol. The predicted octanol–water partition coefficient (Wildman–Crippen LogP) is 2.02. The van der Waals surface area contributed by atoms with Crippen LogP contribution in [0.5, 0.6) is 0 Å². The molecule has 4 N–H and O–H groups in total. The number of carbonyl (C=O) groups excluding carboxylic acids is 1. The number of benzene rings is 1. The van der Waals surface area contributed by atoms with E-state index >= 15 is 0 Å². The second-order valence-electron chi connectivity index (χ2n) is 7.78. The average Bonchev–Trinajstić information content (AvgIpc) is 2.52. The Morgan fingerprint density at radius 3 is 2.52 bits per heavy atom. The van der Waals surface area contributed by atoms with Crippen LogP contribution in [0.3, 0.4) is 0 Å². The van der Waals surface area contributed by atoms with Crippen LogP contribution in [0.4, 0.5) is 5.69 Å². The van der Waals surface area contributed by atoms with Crippen molar-refractivity contribution < 1.29 is 17.9 Å². The lowest BCUT2D eigenvalue weighted by Crippen LogP contribution is -2.44. The smallest absolute Gasteiger partial charge is 0.241 e. The van der Waals surface area contributed by atoms with Gasteiger partial charge in [0.15, 0.2) is 0 Å². The Balaban J connectivity index is 0.00000364. The first-order valence-corrected chi connectivity index (χ1v) is 10.5. The first kappa shape index (κ1) is 23.8. The van der Waals surface area contributed by atoms with E-state index < -0.39 is 21.6 Å². The van der Waals surface area contributed by atoms with E-state index in [9.17, 15) is 13.2 Å². The summed E-state index contributed by atoms with van der Waals surface area (Å²) >= 11 is 0. The number of amides is 1. The van der Waals surface area contributed by atoms with Crippen molar-refractivity contribution in [1.82, 2.24) is 4.72 Å². The number of nitrogens with one attached hydrogen (secondary N) is 2. The van der Waals surface area contributed by atoms with E-state index in [1.54, 1.807) is 45.0 Å². The fourth-order valence-electron chi connectivity index (χ4n) is 2.98. The van der Waals surface area contributed by atoms with Gasteiger partial charge in [0.1, 0.15) is 0 Å². The molecule has 1 atom stereocenters. The van der Waals surface area contributed by atoms with Gasteiger partial charge in [0.25, 0.3) is 0 Å². The fraction of sp³-hybridized carbons (Fsp3) is 0.611. The molecule has 27 heavy (non-hydrogen) atoms. The monoisotopic (exact) mass is 419 g/mol. The third-order valence-electron chi connectivity index (χ3n) is 4.09. The van der Waals surface area contributed by atoms with Gasteiger partial charge in [-0.1, -0.05) is 12.1 Å². The predicted molar refractivity (Wildman–Crippen MR) is 109 cm³/mol. The van der Waals surface area contributed by atoms with Crippen LogP contribution in [-0.4, -0.2) is 39.1 Å². The number of anilines is 1. The Kier molecular flexibility index (Phi) is 8.69. The van der Waals surface area contributed by atoms with Crippen molar-refractivity contribution in [1.29, 1.82) is 0 Å². The summed E-state index contributed by atoms with van der Waals surface area (Å²) in [5.41, 5.74) is 6.67. The van der Waals surface area contributed by atoms with Crippen molar-refractivity contribution in [3.8, 4) is 0 Å². The van der Waals surface area contributed by atoms with Crippen LogP contribution in [0.15, 0.2) is 24.3 Å². The first-order chi connectivity index (χ1) is 12.1. The molecular weight excluding hydrogens is 390 g/mol. The summed E-state index contributed by atoms with van der Waals surface area (Å²) in [6, 6.07) is 6.22. The molecule has 1 heterocycles. The molecular formula is C18H30ClN3O4S. The van der Waals surface area contributed by atoms with E-state index in [2.05, 4.69) is 10.0 Å². The quantitative estimate of drug-likeness (QED) is 0.653. The molecule has 1 unspecified atom stereocenters. The van der Waals surface area contributed by atoms with E-state index in [0.717, 1.165) is 12.8 Å². The van der Waals surface area contributed by atoms with Gasteiger partial charge in [0, 0.05) is 24.4 Å². The van der Waals surface area contributed by atoms with Gasteiger partial charge in [-0.25, -0.2) is 13.1 Å². The number of hydrogen-bond acceptors (Lipinski definition) is 5. The minimum atomic E-state index is -3.47. The number of nitrogens with two attached hydrogens (primary N) is 1. The molecule has 0 spiro atoms. The van der Waals surface area contributed by atoms with E-state index in [4.69, 9.17) is 10.5 Å². The molecule has 1 fully saturated rings. The largest absolute Gasteiger partial charge is 0.381 e. The molecule has 154 valence electrons. The topological polar surface area (TPSA) is 111 Å². The van der Waals surface area contributed by atoms with E-state index in [0.29, 0.717) is 24.5 Å². The number of halogens is 1. The van der Waals surface area contributed by atoms with Crippen molar-refractivity contribution in [3.63, 3.8) is 0 Å². The number of rotatable bonds is 6. The maximum atomic E-state index is 12.4. The van der Waals surface area contributed by atoms with Crippen LogP contribution in [-0.2, 0) is 25.3 Å². The van der Waals surface area contributed by atoms with Gasteiger partial charge in [-0.2, -0.15) is 0 Å². The highest BCUT2D eigenvalue weighted by atomic mass is 35.5. The fourth-order valence-corrected chi connectivity index (χ4v) is 4.60. The summed E-state index contributed by atoms with van der Waals surface area (Å²) in [4.78, 5) is 12.4. The second kappa shape index (κ2) is 9.84. The first-order valence-electron chi connectivity index (χ1n) is 8.80. The molecule has 9 heteroatoms. The van der Waals surface area contributed by atoms with Gasteiger partial charge in [-0.05, 0) is 57.2 Å². The molecule has 1 aliphatic heterocycles. The van der Waals surface area contributed by atoms with Gasteiger partial charge in [-0.15, -0.1) is 12.4 Å². The maximum Gasteiger partial charge on any atom is 0.241 e. The Morgan fingerprint density at radius 1 is 1.30 bits per heavy atom. The Bertz CT molecular complexity index is 728. The van der Waals surface area contributed by atoms with Crippen LogP contribution >= 0.6 is 12.4 Å². The minimum Gasteiger partial charge on any atom is -0.381 e. The Morgan fingerprint density at radius 2 is 1.93 bits per heavy atom. The van der Waals surface area contributed by atoms with Gasteiger partial charge < -0.3 is 15.8 Å². The number of hydrogen-bond donors (Lipinski definition) is 3. The van der Waals surface area contributed by atoms with Gasteiger partial charge in [0.2, 0.25) is 15.9 Å². The molecule has 1 aromatic rings. The molecule has 0 saturated carbocycles. The van der Waals surface area contributed by atoms with E-state index in [1.165, 1.54) is 0 Å². The number of carbonyl (C=O) groups is 1. The zero-order chi connectivity index (χ0) is 19.4. The second-order valence-corrected chi connectivity index (χ2v) is 9.50. The summed E-state index contributed by atoms with van der Waals surface area (Å²) < 4.78 is 32.4. The summed E-state index contributed by atoms with van der Waals surface area (Å²) in [6.07, 6.45) is 1.54. The molecule has 0 aliphatic carbocycles. The number of ether oxygens (including phenoxy) is 1. The Labute approximate surface area is 167 Å². The van der Waals surface area contributed by atoms with Crippen molar-refractivity contribution in [2.45, 2.75) is 50.9 Å². The molecule has 0 radical (unpaired) electrons. The van der Waals surface area contributed by atoms with Crippen molar-refractivity contribution in [2.24, 2.45) is 11.7 Å². The SMILES string of the molecule is CC(C)(C)NS(=O)(=O)Cc1cccc(NC(=O)C(N)C2CCOCC2)c1.Cl. The van der Waals surface area contributed by atoms with Gasteiger partial charge >= 0.3 is 0 Å². The maximum absolute atomic E-state index is 12.4. The summed E-state index contributed by atoms with van der Waals surface area (Å²) in [7, 11) is -3.47. The lowest BCUT2D eigenvalue weighted by atomic mass is 9.92. The number of sulfonamides is 1. The van der Waals surface area contributed by atoms with Crippen LogP contribution in [0, 0.1) is 5.92 Å². The van der Waals surface area contributed by atoms with E-state index in [1.807, 2.05) is 0 Å². The Hall–Kier alpha value is -1.19. The van der Waals surface area contributed by atoms with Crippen LogP contribution in [0.2, 0.25) is 0 Å². The molecule has 1 aromatic carbocycles. The van der Waals surface area contributed by atoms with Crippen LogP contribution in [0.25, 0.3) is 0 Å². The highest BCUT2D eigenvalue weighted by Crippen LogP contribution is 2.20. The molecule has 2 rings (SSSR count). The van der Waals surface area contributed by atoms with E-state index in [-0.39, 0.29) is 30.0 Å². The highest BCUT2D eigenvalue weighted by Gasteiger charge is 2.26. The third kappa shape index (κ3) is 8.15. The lowest BCUT2D eigenvalue weighted by Gasteiger charge is -2.26. The van der Waals surface area contributed by atoms with Crippen molar-refractivity contribution >= 4 is 34.0 Å². The molecule has 7 nitrogen and oxygen atoms in total. The normalized spacial score (nSPS) is 17.0. The summed E-state index contributed by atoms with van der Waals surface area (Å²) in [5.74, 6) is -0.312. The summed E-state index contributed by atoms with van der Waals surface area (Å²) in [5, 5.41) is 2.79. The minimum absolute atomic E-state index is 0. The highest BCUT2D eigenvalue weighted by molar-refractivity contribution is 7.88. The molecule has 1 saturated heterocycles. The molecule has 1 amide bonds. The van der Waals surface area contributed by atoms with Gasteiger partial charge in [0.05, 0.1) is 11.8 Å². The molecule has 1 aliphatic rings. The van der Waals surface area contributed by atoms with Crippen molar-refractivity contribution in [2.75, 3.05) is 18.5 Å². The van der Waals surface area contributed by atoms with Crippen molar-refractivity contribution in [3.05, 3.63) is 29.8 Å².